The molecule has 2 aromatic heterocycles. The lowest BCUT2D eigenvalue weighted by Gasteiger charge is -2.10. The highest BCUT2D eigenvalue weighted by Gasteiger charge is 2.31. The summed E-state index contributed by atoms with van der Waals surface area (Å²) in [5, 5.41) is -0.177. The van der Waals surface area contributed by atoms with Gasteiger partial charge in [-0.1, -0.05) is 11.6 Å². The number of carbonyl (C=O) groups is 1. The van der Waals surface area contributed by atoms with Crippen LogP contribution in [-0.4, -0.2) is 15.8 Å². The molecule has 0 saturated carbocycles. The zero-order chi connectivity index (χ0) is 13.3. The van der Waals surface area contributed by atoms with E-state index in [1.54, 1.807) is 6.07 Å². The highest BCUT2D eigenvalue weighted by Crippen LogP contribution is 2.32. The molecule has 0 fully saturated rings. The van der Waals surface area contributed by atoms with Gasteiger partial charge in [-0.15, -0.1) is 0 Å². The molecule has 0 spiro atoms. The summed E-state index contributed by atoms with van der Waals surface area (Å²) in [5.41, 5.74) is -0.680. The number of aldehydes is 1. The Hall–Kier alpha value is -1.82. The lowest BCUT2D eigenvalue weighted by molar-refractivity contribution is -0.137. The Kier molecular flexibility index (Phi) is 3.13. The molecule has 2 rings (SSSR count). The van der Waals surface area contributed by atoms with E-state index in [-0.39, 0.29) is 16.5 Å². The van der Waals surface area contributed by atoms with Crippen molar-refractivity contribution in [2.24, 2.45) is 0 Å². The van der Waals surface area contributed by atoms with E-state index < -0.39 is 11.7 Å². The third-order valence-electron chi connectivity index (χ3n) is 2.28. The Morgan fingerprint density at radius 1 is 1.39 bits per heavy atom. The van der Waals surface area contributed by atoms with Crippen LogP contribution < -0.4 is 0 Å². The van der Waals surface area contributed by atoms with Gasteiger partial charge in [0.15, 0.2) is 12.1 Å². The normalized spacial score (nSPS) is 11.6. The van der Waals surface area contributed by atoms with Gasteiger partial charge in [0.2, 0.25) is 0 Å². The predicted molar refractivity (Wildman–Crippen MR) is 59.0 cm³/mol. The number of halogens is 4. The van der Waals surface area contributed by atoms with Crippen LogP contribution in [-0.2, 0) is 6.18 Å². The van der Waals surface area contributed by atoms with E-state index in [2.05, 4.69) is 4.98 Å². The molecule has 0 bridgehead atoms. The van der Waals surface area contributed by atoms with Gasteiger partial charge in [0, 0.05) is 12.4 Å². The predicted octanol–water partition coefficient (Wildman–Crippen LogP) is 3.36. The number of pyridine rings is 1. The minimum absolute atomic E-state index is 0.0803. The van der Waals surface area contributed by atoms with Crippen LogP contribution in [0, 0.1) is 0 Å². The second-order valence-electron chi connectivity index (χ2n) is 3.45. The van der Waals surface area contributed by atoms with Crippen LogP contribution in [0.4, 0.5) is 13.2 Å². The van der Waals surface area contributed by atoms with Crippen molar-refractivity contribution >= 4 is 17.9 Å². The summed E-state index contributed by atoms with van der Waals surface area (Å²) >= 11 is 5.76. The van der Waals surface area contributed by atoms with Gasteiger partial charge in [-0.25, -0.2) is 4.98 Å². The number of hydrogen-bond donors (Lipinski definition) is 0. The molecule has 0 aromatic carbocycles. The van der Waals surface area contributed by atoms with E-state index in [0.717, 1.165) is 6.07 Å². The zero-order valence-electron chi connectivity index (χ0n) is 8.78. The summed E-state index contributed by atoms with van der Waals surface area (Å²) in [6, 6.07) is 3.85. The van der Waals surface area contributed by atoms with Gasteiger partial charge in [0.1, 0.15) is 0 Å². The lowest BCUT2D eigenvalue weighted by atomic mass is 10.2. The van der Waals surface area contributed by atoms with E-state index in [9.17, 15) is 18.0 Å². The second-order valence-corrected chi connectivity index (χ2v) is 3.86. The molecule has 3 nitrogen and oxygen atoms in total. The Labute approximate surface area is 105 Å². The number of rotatable bonds is 2. The van der Waals surface area contributed by atoms with Crippen LogP contribution in [0.2, 0.25) is 5.02 Å². The maximum Gasteiger partial charge on any atom is 0.417 e. The van der Waals surface area contributed by atoms with E-state index in [1.165, 1.54) is 16.8 Å². The first-order chi connectivity index (χ1) is 8.43. The SMILES string of the molecule is O=Cc1cccn1-c1ncc(C(F)(F)F)cc1Cl. The fourth-order valence-corrected chi connectivity index (χ4v) is 1.70. The largest absolute Gasteiger partial charge is 0.417 e. The topological polar surface area (TPSA) is 34.9 Å². The molecule has 0 aliphatic heterocycles. The minimum atomic E-state index is -4.50. The molecule has 0 aliphatic rings. The molecule has 0 atom stereocenters. The summed E-state index contributed by atoms with van der Waals surface area (Å²) < 4.78 is 38.6. The van der Waals surface area contributed by atoms with Crippen LogP contribution in [0.5, 0.6) is 0 Å². The number of hydrogen-bond acceptors (Lipinski definition) is 2. The molecular formula is C11H6ClF3N2O. The Morgan fingerprint density at radius 2 is 2.11 bits per heavy atom. The summed E-state index contributed by atoms with van der Waals surface area (Å²) in [4.78, 5) is 14.4. The molecule has 0 amide bonds. The Bertz CT molecular complexity index is 592. The molecule has 0 saturated heterocycles. The van der Waals surface area contributed by atoms with Gasteiger partial charge >= 0.3 is 6.18 Å². The first-order valence-electron chi connectivity index (χ1n) is 4.79. The van der Waals surface area contributed by atoms with E-state index >= 15 is 0 Å². The van der Waals surface area contributed by atoms with Gasteiger partial charge < -0.3 is 0 Å². The molecule has 2 heterocycles. The molecule has 7 heteroatoms. The van der Waals surface area contributed by atoms with Gasteiger partial charge in [0.25, 0.3) is 0 Å². The van der Waals surface area contributed by atoms with Crippen LogP contribution >= 0.6 is 11.6 Å². The van der Waals surface area contributed by atoms with Gasteiger partial charge in [-0.3, -0.25) is 9.36 Å². The Morgan fingerprint density at radius 3 is 2.67 bits per heavy atom. The zero-order valence-corrected chi connectivity index (χ0v) is 9.53. The molecule has 0 unspecified atom stereocenters. The number of alkyl halides is 3. The second kappa shape index (κ2) is 4.45. The van der Waals surface area contributed by atoms with Crippen molar-refractivity contribution in [2.45, 2.75) is 6.18 Å². The number of nitrogens with zero attached hydrogens (tertiary/aromatic N) is 2. The van der Waals surface area contributed by atoms with Crippen molar-refractivity contribution in [3.63, 3.8) is 0 Å². The summed E-state index contributed by atoms with van der Waals surface area (Å²) in [6.45, 7) is 0. The summed E-state index contributed by atoms with van der Waals surface area (Å²) in [6.07, 6.45) is -1.77. The van der Waals surface area contributed by atoms with Crippen molar-refractivity contribution in [1.29, 1.82) is 0 Å². The standard InChI is InChI=1S/C11H6ClF3N2O/c12-9-4-7(11(13,14)15)5-16-10(9)17-3-1-2-8(17)6-18/h1-6H. The Balaban J connectivity index is 2.52. The quantitative estimate of drug-likeness (QED) is 0.787. The van der Waals surface area contributed by atoms with Crippen LogP contribution in [0.1, 0.15) is 16.1 Å². The molecule has 94 valence electrons. The minimum Gasteiger partial charge on any atom is -0.297 e. The molecule has 0 aliphatic carbocycles. The van der Waals surface area contributed by atoms with Gasteiger partial charge in [-0.2, -0.15) is 13.2 Å². The third kappa shape index (κ3) is 2.24. The fraction of sp³-hybridized carbons (Fsp3) is 0.0909. The molecule has 2 aromatic rings. The average molecular weight is 275 g/mol. The first-order valence-corrected chi connectivity index (χ1v) is 5.17. The maximum atomic E-state index is 12.4. The summed E-state index contributed by atoms with van der Waals surface area (Å²) in [7, 11) is 0. The highest BCUT2D eigenvalue weighted by atomic mass is 35.5. The molecule has 0 radical (unpaired) electrons. The van der Waals surface area contributed by atoms with Crippen LogP contribution in [0.3, 0.4) is 0 Å². The first kappa shape index (κ1) is 12.6. The number of aromatic nitrogens is 2. The van der Waals surface area contributed by atoms with E-state index in [4.69, 9.17) is 11.6 Å². The van der Waals surface area contributed by atoms with Crippen molar-refractivity contribution in [1.82, 2.24) is 9.55 Å². The van der Waals surface area contributed by atoms with Crippen molar-refractivity contribution in [2.75, 3.05) is 0 Å². The van der Waals surface area contributed by atoms with Gasteiger partial charge in [0.05, 0.1) is 16.3 Å². The van der Waals surface area contributed by atoms with Crippen molar-refractivity contribution in [3.05, 3.63) is 46.9 Å². The fourth-order valence-electron chi connectivity index (χ4n) is 1.45. The van der Waals surface area contributed by atoms with Crippen LogP contribution in [0.25, 0.3) is 5.82 Å². The lowest BCUT2D eigenvalue weighted by Crippen LogP contribution is -2.08. The molecule has 18 heavy (non-hydrogen) atoms. The van der Waals surface area contributed by atoms with Crippen molar-refractivity contribution in [3.8, 4) is 5.82 Å². The average Bonchev–Trinajstić information content (AvgIpc) is 2.75. The summed E-state index contributed by atoms with van der Waals surface area (Å²) in [5.74, 6) is 0.0803. The van der Waals surface area contributed by atoms with Gasteiger partial charge in [-0.05, 0) is 18.2 Å². The van der Waals surface area contributed by atoms with Crippen LogP contribution in [0.15, 0.2) is 30.6 Å². The highest BCUT2D eigenvalue weighted by molar-refractivity contribution is 6.32. The molecule has 0 N–H and O–H groups in total. The smallest absolute Gasteiger partial charge is 0.297 e. The van der Waals surface area contributed by atoms with E-state index in [1.807, 2.05) is 0 Å². The van der Waals surface area contributed by atoms with E-state index in [0.29, 0.717) is 12.5 Å². The third-order valence-corrected chi connectivity index (χ3v) is 2.56. The molecular weight excluding hydrogens is 269 g/mol. The van der Waals surface area contributed by atoms with Crippen molar-refractivity contribution < 1.29 is 18.0 Å². The maximum absolute atomic E-state index is 12.4. The number of carbonyl (C=O) groups excluding carboxylic acids is 1. The monoisotopic (exact) mass is 274 g/mol.